The summed E-state index contributed by atoms with van der Waals surface area (Å²) in [6.45, 7) is 2.60. The molecule has 0 amide bonds. The lowest BCUT2D eigenvalue weighted by molar-refractivity contribution is 0.171. The summed E-state index contributed by atoms with van der Waals surface area (Å²) in [5, 5.41) is 14.1. The molecule has 100 valence electrons. The van der Waals surface area contributed by atoms with Gasteiger partial charge in [0.05, 0.1) is 6.10 Å². The molecule has 0 fully saturated rings. The maximum Gasteiger partial charge on any atom is 0.0914 e. The van der Waals surface area contributed by atoms with Crippen LogP contribution in [0.5, 0.6) is 0 Å². The third-order valence-electron chi connectivity index (χ3n) is 3.17. The van der Waals surface area contributed by atoms with Crippen LogP contribution >= 0.6 is 11.6 Å². The Kier molecular flexibility index (Phi) is 4.97. The topological polar surface area (TPSA) is 32.3 Å². The molecule has 0 heterocycles. The Bertz CT molecular complexity index is 498. The van der Waals surface area contributed by atoms with E-state index in [9.17, 15) is 5.11 Å². The number of hydrogen-bond donors (Lipinski definition) is 2. The Labute approximate surface area is 119 Å². The van der Waals surface area contributed by atoms with Gasteiger partial charge in [-0.05, 0) is 30.2 Å². The van der Waals surface area contributed by atoms with E-state index in [0.717, 1.165) is 5.56 Å². The van der Waals surface area contributed by atoms with Crippen molar-refractivity contribution < 1.29 is 5.11 Å². The lowest BCUT2D eigenvalue weighted by Crippen LogP contribution is -2.24. The quantitative estimate of drug-likeness (QED) is 0.872. The number of hydrogen-bond acceptors (Lipinski definition) is 2. The first kappa shape index (κ1) is 14.1. The van der Waals surface area contributed by atoms with Gasteiger partial charge in [0, 0.05) is 17.6 Å². The minimum atomic E-state index is -0.525. The van der Waals surface area contributed by atoms with Gasteiger partial charge >= 0.3 is 0 Å². The number of nitrogens with one attached hydrogen (secondary N) is 1. The van der Waals surface area contributed by atoms with Crippen molar-refractivity contribution in [2.75, 3.05) is 6.54 Å². The van der Waals surface area contributed by atoms with Crippen LogP contribution in [-0.2, 0) is 0 Å². The molecule has 2 nitrogen and oxygen atoms in total. The molecule has 0 saturated carbocycles. The molecule has 0 aliphatic rings. The van der Waals surface area contributed by atoms with E-state index < -0.39 is 6.10 Å². The van der Waals surface area contributed by atoms with Gasteiger partial charge in [-0.3, -0.25) is 0 Å². The van der Waals surface area contributed by atoms with E-state index in [2.05, 4.69) is 24.4 Å². The van der Waals surface area contributed by atoms with Gasteiger partial charge in [-0.2, -0.15) is 0 Å². The fourth-order valence-corrected chi connectivity index (χ4v) is 2.08. The summed E-state index contributed by atoms with van der Waals surface area (Å²) in [6.07, 6.45) is -0.525. The SMILES string of the molecule is C[C@H](NC[C@H](O)c1ccc(Cl)cc1)c1ccccc1. The van der Waals surface area contributed by atoms with Crippen molar-refractivity contribution in [3.63, 3.8) is 0 Å². The zero-order valence-electron chi connectivity index (χ0n) is 10.9. The molecule has 2 aromatic carbocycles. The van der Waals surface area contributed by atoms with Crippen molar-refractivity contribution in [1.29, 1.82) is 0 Å². The van der Waals surface area contributed by atoms with Gasteiger partial charge < -0.3 is 10.4 Å². The third-order valence-corrected chi connectivity index (χ3v) is 3.42. The van der Waals surface area contributed by atoms with Gasteiger partial charge in [0.15, 0.2) is 0 Å². The van der Waals surface area contributed by atoms with Crippen LogP contribution < -0.4 is 5.32 Å². The average Bonchev–Trinajstić information content (AvgIpc) is 2.46. The number of rotatable bonds is 5. The smallest absolute Gasteiger partial charge is 0.0914 e. The highest BCUT2D eigenvalue weighted by atomic mass is 35.5. The van der Waals surface area contributed by atoms with Crippen LogP contribution in [0, 0.1) is 0 Å². The second-order valence-corrected chi connectivity index (χ2v) is 5.04. The van der Waals surface area contributed by atoms with E-state index in [1.807, 2.05) is 30.3 Å². The van der Waals surface area contributed by atoms with Crippen molar-refractivity contribution in [3.05, 3.63) is 70.7 Å². The van der Waals surface area contributed by atoms with Crippen molar-refractivity contribution in [3.8, 4) is 0 Å². The molecule has 2 atom stereocenters. The Morgan fingerprint density at radius 3 is 2.26 bits per heavy atom. The molecule has 0 aliphatic heterocycles. The molecule has 0 unspecified atom stereocenters. The number of benzene rings is 2. The van der Waals surface area contributed by atoms with Gasteiger partial charge in [0.25, 0.3) is 0 Å². The zero-order chi connectivity index (χ0) is 13.7. The summed E-state index contributed by atoms with van der Waals surface area (Å²) in [5.41, 5.74) is 2.09. The predicted molar refractivity (Wildman–Crippen MR) is 79.3 cm³/mol. The molecule has 2 aromatic rings. The van der Waals surface area contributed by atoms with Crippen molar-refractivity contribution in [2.24, 2.45) is 0 Å². The van der Waals surface area contributed by atoms with Gasteiger partial charge in [-0.25, -0.2) is 0 Å². The molecule has 0 bridgehead atoms. The molecule has 2 rings (SSSR count). The third kappa shape index (κ3) is 4.06. The van der Waals surface area contributed by atoms with Crippen LogP contribution in [0.3, 0.4) is 0 Å². The van der Waals surface area contributed by atoms with Crippen LogP contribution in [0.15, 0.2) is 54.6 Å². The second-order valence-electron chi connectivity index (χ2n) is 4.61. The summed E-state index contributed by atoms with van der Waals surface area (Å²) in [4.78, 5) is 0. The molecular weight excluding hydrogens is 258 g/mol. The van der Waals surface area contributed by atoms with Crippen LogP contribution in [0.4, 0.5) is 0 Å². The van der Waals surface area contributed by atoms with E-state index in [4.69, 9.17) is 11.6 Å². The molecule has 3 heteroatoms. The molecule has 0 aromatic heterocycles. The van der Waals surface area contributed by atoms with Crippen molar-refractivity contribution in [2.45, 2.75) is 19.1 Å². The normalized spacial score (nSPS) is 14.1. The standard InChI is InChI=1S/C16H18ClNO/c1-12(13-5-3-2-4-6-13)18-11-16(19)14-7-9-15(17)10-8-14/h2-10,12,16,18-19H,11H2,1H3/t12-,16-/m0/s1. The lowest BCUT2D eigenvalue weighted by Gasteiger charge is -2.17. The second kappa shape index (κ2) is 6.71. The van der Waals surface area contributed by atoms with E-state index in [1.165, 1.54) is 5.56 Å². The maximum atomic E-state index is 10.1. The fraction of sp³-hybridized carbons (Fsp3) is 0.250. The van der Waals surface area contributed by atoms with E-state index in [-0.39, 0.29) is 6.04 Å². The summed E-state index contributed by atoms with van der Waals surface area (Å²) >= 11 is 5.83. The first-order valence-corrected chi connectivity index (χ1v) is 6.76. The molecule has 0 spiro atoms. The number of halogens is 1. The van der Waals surface area contributed by atoms with Crippen LogP contribution in [0.25, 0.3) is 0 Å². The fourth-order valence-electron chi connectivity index (χ4n) is 1.95. The Hall–Kier alpha value is -1.35. The molecule has 0 aliphatic carbocycles. The molecule has 0 saturated heterocycles. The minimum Gasteiger partial charge on any atom is -0.387 e. The Morgan fingerprint density at radius 1 is 1.00 bits per heavy atom. The number of aliphatic hydroxyl groups is 1. The largest absolute Gasteiger partial charge is 0.387 e. The highest BCUT2D eigenvalue weighted by Crippen LogP contribution is 2.17. The van der Waals surface area contributed by atoms with E-state index in [0.29, 0.717) is 11.6 Å². The number of aliphatic hydroxyl groups excluding tert-OH is 1. The van der Waals surface area contributed by atoms with E-state index in [1.54, 1.807) is 12.1 Å². The summed E-state index contributed by atoms with van der Waals surface area (Å²) in [5.74, 6) is 0. The van der Waals surface area contributed by atoms with Gasteiger partial charge in [0.1, 0.15) is 0 Å². The van der Waals surface area contributed by atoms with Crippen LogP contribution in [0.2, 0.25) is 5.02 Å². The highest BCUT2D eigenvalue weighted by molar-refractivity contribution is 6.30. The zero-order valence-corrected chi connectivity index (χ0v) is 11.6. The first-order valence-electron chi connectivity index (χ1n) is 6.38. The molecular formula is C16H18ClNO. The molecule has 19 heavy (non-hydrogen) atoms. The van der Waals surface area contributed by atoms with Gasteiger partial charge in [-0.1, -0.05) is 54.1 Å². The average molecular weight is 276 g/mol. The van der Waals surface area contributed by atoms with Gasteiger partial charge in [0.2, 0.25) is 0 Å². The van der Waals surface area contributed by atoms with Crippen molar-refractivity contribution in [1.82, 2.24) is 5.32 Å². The predicted octanol–water partition coefficient (Wildman–Crippen LogP) is 3.72. The van der Waals surface area contributed by atoms with Crippen LogP contribution in [-0.4, -0.2) is 11.7 Å². The summed E-state index contributed by atoms with van der Waals surface area (Å²) in [6, 6.07) is 17.7. The van der Waals surface area contributed by atoms with E-state index >= 15 is 0 Å². The minimum absolute atomic E-state index is 0.211. The summed E-state index contributed by atoms with van der Waals surface area (Å²) in [7, 11) is 0. The van der Waals surface area contributed by atoms with Gasteiger partial charge in [-0.15, -0.1) is 0 Å². The summed E-state index contributed by atoms with van der Waals surface area (Å²) < 4.78 is 0. The monoisotopic (exact) mass is 275 g/mol. The first-order chi connectivity index (χ1) is 9.16. The Balaban J connectivity index is 1.90. The lowest BCUT2D eigenvalue weighted by atomic mass is 10.1. The molecule has 0 radical (unpaired) electrons. The Morgan fingerprint density at radius 2 is 1.63 bits per heavy atom. The molecule has 2 N–H and O–H groups in total. The highest BCUT2D eigenvalue weighted by Gasteiger charge is 2.10. The van der Waals surface area contributed by atoms with Crippen LogP contribution in [0.1, 0.15) is 30.2 Å². The maximum absolute atomic E-state index is 10.1. The van der Waals surface area contributed by atoms with Crippen molar-refractivity contribution >= 4 is 11.6 Å².